The lowest BCUT2D eigenvalue weighted by Gasteiger charge is -2.20. The van der Waals surface area contributed by atoms with Crippen molar-refractivity contribution >= 4 is 27.5 Å². The number of carbonyl (C=O) groups is 1. The molecule has 0 aromatic carbocycles. The van der Waals surface area contributed by atoms with E-state index in [1.807, 2.05) is 0 Å². The van der Waals surface area contributed by atoms with Gasteiger partial charge in [-0.05, 0) is 31.8 Å². The van der Waals surface area contributed by atoms with E-state index < -0.39 is 10.0 Å². The van der Waals surface area contributed by atoms with E-state index in [0.29, 0.717) is 42.5 Å². The van der Waals surface area contributed by atoms with Crippen LogP contribution in [0.1, 0.15) is 27.6 Å². The molecule has 3 heterocycles. The molecule has 1 aliphatic heterocycles. The summed E-state index contributed by atoms with van der Waals surface area (Å²) < 4.78 is 32.5. The number of amides is 1. The lowest BCUT2D eigenvalue weighted by Crippen LogP contribution is -2.37. The summed E-state index contributed by atoms with van der Waals surface area (Å²) in [5, 5.41) is 3.92. The standard InChI is InChI=1S/C14H20N6O3S2/c1-10-13(24-17-16-10)14(21)19-5-4-6-20(8-7-19)25(22,23)12-9-18(3)11(2)15-12/h9H,4-8H2,1-3H3. The number of aromatic nitrogens is 4. The maximum absolute atomic E-state index is 12.8. The number of sulfonamides is 1. The zero-order valence-electron chi connectivity index (χ0n) is 14.3. The molecule has 1 aliphatic rings. The summed E-state index contributed by atoms with van der Waals surface area (Å²) in [6, 6.07) is 0. The summed E-state index contributed by atoms with van der Waals surface area (Å²) in [5.41, 5.74) is 0.604. The van der Waals surface area contributed by atoms with Crippen LogP contribution < -0.4 is 0 Å². The summed E-state index contributed by atoms with van der Waals surface area (Å²) >= 11 is 1.07. The topological polar surface area (TPSA) is 101 Å². The Morgan fingerprint density at radius 3 is 2.56 bits per heavy atom. The highest BCUT2D eigenvalue weighted by Gasteiger charge is 2.31. The van der Waals surface area contributed by atoms with Crippen LogP contribution in [-0.4, -0.2) is 68.8 Å². The molecule has 0 aliphatic carbocycles. The van der Waals surface area contributed by atoms with Gasteiger partial charge in [0.1, 0.15) is 10.7 Å². The summed E-state index contributed by atoms with van der Waals surface area (Å²) in [6.45, 7) is 4.95. The van der Waals surface area contributed by atoms with Crippen LogP contribution in [0.5, 0.6) is 0 Å². The van der Waals surface area contributed by atoms with Crippen LogP contribution in [0.15, 0.2) is 11.2 Å². The molecule has 0 N–H and O–H groups in total. The van der Waals surface area contributed by atoms with Gasteiger partial charge in [0.2, 0.25) is 0 Å². The van der Waals surface area contributed by atoms with Crippen LogP contribution in [0.4, 0.5) is 0 Å². The zero-order chi connectivity index (χ0) is 18.2. The number of hydrogen-bond donors (Lipinski definition) is 0. The molecule has 0 radical (unpaired) electrons. The normalized spacial score (nSPS) is 16.8. The number of rotatable bonds is 3. The van der Waals surface area contributed by atoms with Crippen LogP contribution in [0.25, 0.3) is 0 Å². The maximum atomic E-state index is 12.8. The van der Waals surface area contributed by atoms with Crippen molar-refractivity contribution in [3.8, 4) is 0 Å². The van der Waals surface area contributed by atoms with Crippen molar-refractivity contribution in [3.63, 3.8) is 0 Å². The lowest BCUT2D eigenvalue weighted by molar-refractivity contribution is 0.0768. The van der Waals surface area contributed by atoms with Crippen molar-refractivity contribution in [2.75, 3.05) is 26.2 Å². The fourth-order valence-corrected chi connectivity index (χ4v) is 4.81. The molecule has 0 atom stereocenters. The van der Waals surface area contributed by atoms with Crippen LogP contribution in [0.3, 0.4) is 0 Å². The van der Waals surface area contributed by atoms with Gasteiger partial charge in [0, 0.05) is 39.4 Å². The molecule has 0 spiro atoms. The van der Waals surface area contributed by atoms with Crippen molar-refractivity contribution < 1.29 is 13.2 Å². The van der Waals surface area contributed by atoms with Crippen LogP contribution in [0.2, 0.25) is 0 Å². The predicted octanol–water partition coefficient (Wildman–Crippen LogP) is 0.425. The van der Waals surface area contributed by atoms with Crippen molar-refractivity contribution in [1.82, 2.24) is 28.3 Å². The molecule has 3 rings (SSSR count). The summed E-state index contributed by atoms with van der Waals surface area (Å²) in [4.78, 5) is 18.9. The van der Waals surface area contributed by atoms with E-state index in [4.69, 9.17) is 0 Å². The van der Waals surface area contributed by atoms with Gasteiger partial charge in [0.05, 0.1) is 5.69 Å². The Hall–Kier alpha value is -1.85. The largest absolute Gasteiger partial charge is 0.337 e. The lowest BCUT2D eigenvalue weighted by atomic mass is 10.3. The van der Waals surface area contributed by atoms with E-state index in [9.17, 15) is 13.2 Å². The number of carbonyl (C=O) groups excluding carboxylic acids is 1. The molecule has 1 fully saturated rings. The summed E-state index contributed by atoms with van der Waals surface area (Å²) in [7, 11) is -1.90. The average molecular weight is 384 g/mol. The number of imidazole rings is 1. The highest BCUT2D eigenvalue weighted by Crippen LogP contribution is 2.19. The monoisotopic (exact) mass is 384 g/mol. The fourth-order valence-electron chi connectivity index (χ4n) is 2.69. The van der Waals surface area contributed by atoms with Crippen LogP contribution >= 0.6 is 11.5 Å². The first-order valence-corrected chi connectivity index (χ1v) is 10.1. The quantitative estimate of drug-likeness (QED) is 0.760. The Labute approximate surface area is 150 Å². The molecule has 25 heavy (non-hydrogen) atoms. The first kappa shape index (κ1) is 18.0. The smallest absolute Gasteiger partial charge is 0.267 e. The van der Waals surface area contributed by atoms with Gasteiger partial charge in [-0.3, -0.25) is 4.79 Å². The minimum atomic E-state index is -3.66. The second-order valence-electron chi connectivity index (χ2n) is 5.97. The van der Waals surface area contributed by atoms with E-state index in [1.165, 1.54) is 10.5 Å². The second kappa shape index (κ2) is 6.81. The number of hydrogen-bond acceptors (Lipinski definition) is 7. The van der Waals surface area contributed by atoms with Gasteiger partial charge < -0.3 is 9.47 Å². The molecular formula is C14H20N6O3S2. The van der Waals surface area contributed by atoms with Gasteiger partial charge in [-0.25, -0.2) is 13.4 Å². The highest BCUT2D eigenvalue weighted by atomic mass is 32.2. The third kappa shape index (κ3) is 3.44. The molecule has 11 heteroatoms. The molecule has 0 unspecified atom stereocenters. The Kier molecular flexibility index (Phi) is 4.89. The first-order chi connectivity index (χ1) is 11.8. The molecule has 2 aromatic heterocycles. The third-order valence-electron chi connectivity index (χ3n) is 4.28. The van der Waals surface area contributed by atoms with E-state index in [-0.39, 0.29) is 17.5 Å². The van der Waals surface area contributed by atoms with Crippen LogP contribution in [0, 0.1) is 13.8 Å². The third-order valence-corrected chi connectivity index (χ3v) is 6.86. The summed E-state index contributed by atoms with van der Waals surface area (Å²) in [5.74, 6) is 0.499. The molecule has 1 amide bonds. The average Bonchev–Trinajstić information content (AvgIpc) is 3.03. The van der Waals surface area contributed by atoms with E-state index in [0.717, 1.165) is 11.5 Å². The van der Waals surface area contributed by atoms with Gasteiger partial charge in [-0.1, -0.05) is 4.49 Å². The molecule has 0 saturated carbocycles. The van der Waals surface area contributed by atoms with Crippen molar-refractivity contribution in [3.05, 3.63) is 22.6 Å². The number of nitrogens with zero attached hydrogens (tertiary/aromatic N) is 6. The Balaban J connectivity index is 1.75. The SMILES string of the molecule is Cc1nnsc1C(=O)N1CCCN(S(=O)(=O)c2cn(C)c(C)n2)CC1. The minimum absolute atomic E-state index is 0.0507. The van der Waals surface area contributed by atoms with Crippen molar-refractivity contribution in [2.45, 2.75) is 25.3 Å². The molecule has 2 aromatic rings. The van der Waals surface area contributed by atoms with E-state index in [2.05, 4.69) is 14.6 Å². The molecular weight excluding hydrogens is 364 g/mol. The second-order valence-corrected chi connectivity index (χ2v) is 8.61. The van der Waals surface area contributed by atoms with Gasteiger partial charge >= 0.3 is 0 Å². The molecule has 136 valence electrons. The molecule has 1 saturated heterocycles. The first-order valence-electron chi connectivity index (χ1n) is 7.89. The minimum Gasteiger partial charge on any atom is -0.337 e. The van der Waals surface area contributed by atoms with Crippen molar-refractivity contribution in [1.29, 1.82) is 0 Å². The fraction of sp³-hybridized carbons (Fsp3) is 0.571. The highest BCUT2D eigenvalue weighted by molar-refractivity contribution is 7.89. The van der Waals surface area contributed by atoms with E-state index in [1.54, 1.807) is 30.4 Å². The summed E-state index contributed by atoms with van der Waals surface area (Å²) in [6.07, 6.45) is 2.09. The van der Waals surface area contributed by atoms with Gasteiger partial charge in [0.15, 0.2) is 5.03 Å². The Bertz CT molecular complexity index is 869. The predicted molar refractivity (Wildman–Crippen MR) is 91.9 cm³/mol. The van der Waals surface area contributed by atoms with Gasteiger partial charge in [-0.15, -0.1) is 5.10 Å². The number of aryl methyl sites for hydroxylation is 3. The van der Waals surface area contributed by atoms with Crippen LogP contribution in [-0.2, 0) is 17.1 Å². The van der Waals surface area contributed by atoms with E-state index >= 15 is 0 Å². The maximum Gasteiger partial charge on any atom is 0.267 e. The zero-order valence-corrected chi connectivity index (χ0v) is 16.0. The van der Waals surface area contributed by atoms with Crippen molar-refractivity contribution in [2.24, 2.45) is 7.05 Å². The molecule has 0 bridgehead atoms. The van der Waals surface area contributed by atoms with Gasteiger partial charge in [0.25, 0.3) is 15.9 Å². The molecule has 9 nitrogen and oxygen atoms in total. The Morgan fingerprint density at radius 1 is 1.20 bits per heavy atom. The Morgan fingerprint density at radius 2 is 1.96 bits per heavy atom. The van der Waals surface area contributed by atoms with Gasteiger partial charge in [-0.2, -0.15) is 4.31 Å².